The summed E-state index contributed by atoms with van der Waals surface area (Å²) < 4.78 is 0. The lowest BCUT2D eigenvalue weighted by molar-refractivity contribution is 0.610. The largest absolute Gasteiger partial charge is 0.330 e. The Bertz CT molecular complexity index is 279. The van der Waals surface area contributed by atoms with E-state index in [0.29, 0.717) is 12.5 Å². The van der Waals surface area contributed by atoms with Crippen LogP contribution in [0.25, 0.3) is 0 Å². The molecule has 1 aromatic heterocycles. The number of nitrogens with zero attached hydrogens (tertiary/aromatic N) is 1. The fraction of sp³-hybridized carbons (Fsp3) is 0.700. The van der Waals surface area contributed by atoms with Gasteiger partial charge in [0, 0.05) is 11.6 Å². The summed E-state index contributed by atoms with van der Waals surface area (Å²) in [5.41, 5.74) is 8.24. The van der Waals surface area contributed by atoms with Crippen LogP contribution in [0.5, 0.6) is 0 Å². The quantitative estimate of drug-likeness (QED) is 0.797. The van der Waals surface area contributed by atoms with Gasteiger partial charge < -0.3 is 5.73 Å². The predicted octanol–water partition coefficient (Wildman–Crippen LogP) is 1.52. The second kappa shape index (κ2) is 4.84. The van der Waals surface area contributed by atoms with Gasteiger partial charge in [-0.05, 0) is 42.9 Å². The van der Waals surface area contributed by atoms with Crippen molar-refractivity contribution in [2.45, 2.75) is 25.2 Å². The second-order valence-electron chi connectivity index (χ2n) is 3.73. The third kappa shape index (κ3) is 2.12. The molecule has 1 aromatic rings. The number of nitrogens with one attached hydrogen (secondary N) is 1. The van der Waals surface area contributed by atoms with Crippen LogP contribution in [0.1, 0.15) is 30.0 Å². The number of hydrogen-bond donors (Lipinski definition) is 2. The zero-order valence-corrected chi connectivity index (χ0v) is 9.15. The monoisotopic (exact) mass is 211 g/mol. The lowest BCUT2D eigenvalue weighted by Crippen LogP contribution is -2.12. The third-order valence-corrected chi connectivity index (χ3v) is 3.84. The van der Waals surface area contributed by atoms with Crippen molar-refractivity contribution in [3.8, 4) is 0 Å². The molecule has 0 spiro atoms. The van der Waals surface area contributed by atoms with Crippen molar-refractivity contribution in [1.82, 2.24) is 10.2 Å². The van der Waals surface area contributed by atoms with E-state index in [1.54, 1.807) is 0 Å². The molecule has 0 saturated carbocycles. The average molecular weight is 211 g/mol. The van der Waals surface area contributed by atoms with Crippen LogP contribution >= 0.6 is 11.8 Å². The molecule has 2 heterocycles. The van der Waals surface area contributed by atoms with Crippen molar-refractivity contribution in [2.75, 3.05) is 18.1 Å². The lowest BCUT2D eigenvalue weighted by atomic mass is 9.95. The van der Waals surface area contributed by atoms with E-state index in [1.807, 2.05) is 6.20 Å². The maximum Gasteiger partial charge on any atom is 0.0522 e. The summed E-state index contributed by atoms with van der Waals surface area (Å²) in [6.07, 6.45) is 5.45. The fourth-order valence-corrected chi connectivity index (χ4v) is 3.12. The molecule has 0 radical (unpaired) electrons. The topological polar surface area (TPSA) is 54.7 Å². The lowest BCUT2D eigenvalue weighted by Gasteiger charge is -2.21. The molecular formula is C10H17N3S. The summed E-state index contributed by atoms with van der Waals surface area (Å²) >= 11 is 2.06. The Morgan fingerprint density at radius 3 is 3.00 bits per heavy atom. The molecule has 1 saturated heterocycles. The van der Waals surface area contributed by atoms with Crippen LogP contribution in [0.4, 0.5) is 0 Å². The van der Waals surface area contributed by atoms with Gasteiger partial charge in [0.1, 0.15) is 0 Å². The Morgan fingerprint density at radius 2 is 2.29 bits per heavy atom. The number of hydrogen-bond acceptors (Lipinski definition) is 3. The van der Waals surface area contributed by atoms with Gasteiger partial charge >= 0.3 is 0 Å². The van der Waals surface area contributed by atoms with E-state index in [-0.39, 0.29) is 0 Å². The molecule has 0 bridgehead atoms. The zero-order valence-electron chi connectivity index (χ0n) is 8.33. The highest BCUT2D eigenvalue weighted by Crippen LogP contribution is 2.31. The van der Waals surface area contributed by atoms with Gasteiger partial charge in [-0.15, -0.1) is 0 Å². The summed E-state index contributed by atoms with van der Waals surface area (Å²) in [6, 6.07) is 0. The molecule has 4 heteroatoms. The van der Waals surface area contributed by atoms with Crippen molar-refractivity contribution in [1.29, 1.82) is 0 Å². The summed E-state index contributed by atoms with van der Waals surface area (Å²) in [4.78, 5) is 0. The van der Waals surface area contributed by atoms with Gasteiger partial charge in [-0.3, -0.25) is 5.10 Å². The van der Waals surface area contributed by atoms with Gasteiger partial charge in [0.2, 0.25) is 0 Å². The Morgan fingerprint density at radius 1 is 1.50 bits per heavy atom. The number of aromatic amines is 1. The Hall–Kier alpha value is -0.480. The minimum absolute atomic E-state index is 0.695. The molecule has 3 N–H and O–H groups in total. The first-order valence-corrected chi connectivity index (χ1v) is 6.37. The highest BCUT2D eigenvalue weighted by atomic mass is 32.2. The third-order valence-electron chi connectivity index (χ3n) is 2.79. The first-order chi connectivity index (χ1) is 6.92. The Labute approximate surface area is 88.8 Å². The van der Waals surface area contributed by atoms with Crippen molar-refractivity contribution in [2.24, 2.45) is 5.73 Å². The van der Waals surface area contributed by atoms with Gasteiger partial charge in [-0.1, -0.05) is 0 Å². The van der Waals surface area contributed by atoms with Gasteiger partial charge in [-0.25, -0.2) is 0 Å². The van der Waals surface area contributed by atoms with Gasteiger partial charge in [0.15, 0.2) is 0 Å². The fourth-order valence-electron chi connectivity index (χ4n) is 2.02. The van der Waals surface area contributed by atoms with Crippen LogP contribution in [-0.4, -0.2) is 28.2 Å². The first-order valence-electron chi connectivity index (χ1n) is 5.21. The molecule has 0 unspecified atom stereocenters. The number of thioether (sulfide) groups is 1. The maximum atomic E-state index is 5.57. The molecule has 78 valence electrons. The SMILES string of the molecule is NCCc1cn[nH]c1C1CCSCC1. The van der Waals surface area contributed by atoms with E-state index >= 15 is 0 Å². The minimum atomic E-state index is 0.695. The Balaban J connectivity index is 2.09. The number of H-pyrrole nitrogens is 1. The van der Waals surface area contributed by atoms with E-state index in [9.17, 15) is 0 Å². The molecule has 1 fully saturated rings. The van der Waals surface area contributed by atoms with Crippen molar-refractivity contribution in [3.63, 3.8) is 0 Å². The molecule has 0 aromatic carbocycles. The number of aromatic nitrogens is 2. The molecular weight excluding hydrogens is 194 g/mol. The molecule has 2 rings (SSSR count). The van der Waals surface area contributed by atoms with Crippen LogP contribution in [0.15, 0.2) is 6.20 Å². The highest BCUT2D eigenvalue weighted by Gasteiger charge is 2.19. The molecule has 1 aliphatic heterocycles. The number of nitrogens with two attached hydrogens (primary N) is 1. The van der Waals surface area contributed by atoms with Crippen LogP contribution in [0.3, 0.4) is 0 Å². The molecule has 0 amide bonds. The number of rotatable bonds is 3. The van der Waals surface area contributed by atoms with Crippen LogP contribution in [0, 0.1) is 0 Å². The van der Waals surface area contributed by atoms with E-state index in [0.717, 1.165) is 6.42 Å². The molecule has 0 aliphatic carbocycles. The molecule has 1 aliphatic rings. The van der Waals surface area contributed by atoms with Gasteiger partial charge in [0.05, 0.1) is 6.20 Å². The smallest absolute Gasteiger partial charge is 0.0522 e. The van der Waals surface area contributed by atoms with E-state index < -0.39 is 0 Å². The summed E-state index contributed by atoms with van der Waals surface area (Å²) in [6.45, 7) is 0.716. The van der Waals surface area contributed by atoms with Crippen LogP contribution in [-0.2, 0) is 6.42 Å². The highest BCUT2D eigenvalue weighted by molar-refractivity contribution is 7.99. The summed E-state index contributed by atoms with van der Waals surface area (Å²) in [5.74, 6) is 3.26. The summed E-state index contributed by atoms with van der Waals surface area (Å²) in [5, 5.41) is 7.27. The molecule has 0 atom stereocenters. The molecule has 3 nitrogen and oxygen atoms in total. The van der Waals surface area contributed by atoms with Gasteiger partial charge in [-0.2, -0.15) is 16.9 Å². The van der Waals surface area contributed by atoms with Gasteiger partial charge in [0.25, 0.3) is 0 Å². The van der Waals surface area contributed by atoms with Crippen molar-refractivity contribution >= 4 is 11.8 Å². The zero-order chi connectivity index (χ0) is 9.80. The van der Waals surface area contributed by atoms with E-state index in [2.05, 4.69) is 22.0 Å². The molecule has 14 heavy (non-hydrogen) atoms. The first kappa shape index (κ1) is 10.1. The van der Waals surface area contributed by atoms with Crippen molar-refractivity contribution in [3.05, 3.63) is 17.5 Å². The summed E-state index contributed by atoms with van der Waals surface area (Å²) in [7, 11) is 0. The second-order valence-corrected chi connectivity index (χ2v) is 4.96. The Kier molecular flexibility index (Phi) is 3.48. The van der Waals surface area contributed by atoms with Crippen molar-refractivity contribution < 1.29 is 0 Å². The maximum absolute atomic E-state index is 5.57. The average Bonchev–Trinajstić information content (AvgIpc) is 2.68. The minimum Gasteiger partial charge on any atom is -0.330 e. The van der Waals surface area contributed by atoms with E-state index in [1.165, 1.54) is 35.6 Å². The van der Waals surface area contributed by atoms with Crippen LogP contribution < -0.4 is 5.73 Å². The predicted molar refractivity (Wildman–Crippen MR) is 60.6 cm³/mol. The normalized spacial score (nSPS) is 18.6. The van der Waals surface area contributed by atoms with E-state index in [4.69, 9.17) is 5.73 Å². The standard InChI is InChI=1S/C10H17N3S/c11-4-1-9-7-12-13-10(9)8-2-5-14-6-3-8/h7-8H,1-6,11H2,(H,12,13). The van der Waals surface area contributed by atoms with Crippen LogP contribution in [0.2, 0.25) is 0 Å².